The monoisotopic (exact) mass is 354 g/mol. The number of halogens is 1. The first-order chi connectivity index (χ1) is 12.0. The molecule has 0 atom stereocenters. The Kier molecular flexibility index (Phi) is 6.15. The zero-order chi connectivity index (χ0) is 18.4. The molecule has 1 aromatic heterocycles. The fraction of sp³-hybridized carbons (Fsp3) is 0.211. The molecule has 0 spiro atoms. The van der Waals surface area contributed by atoms with Crippen LogP contribution < -0.4 is 5.32 Å². The molecule has 2 aromatic rings. The van der Waals surface area contributed by atoms with Crippen LogP contribution in [0.15, 0.2) is 42.5 Å². The lowest BCUT2D eigenvalue weighted by Crippen LogP contribution is -2.24. The summed E-state index contributed by atoms with van der Waals surface area (Å²) in [5.41, 5.74) is 3.44. The molecular formula is C19H19ClN4O. The highest BCUT2D eigenvalue weighted by molar-refractivity contribution is 6.31. The van der Waals surface area contributed by atoms with Crippen LogP contribution in [0.4, 0.5) is 0 Å². The SMILES string of the molecule is C=CCNC(=O)/C(C#N)=C/c1c(C)nn(Cc2ccc(C)cc2)c1Cl. The zero-order valence-electron chi connectivity index (χ0n) is 14.2. The molecule has 6 heteroatoms. The highest BCUT2D eigenvalue weighted by Gasteiger charge is 2.15. The summed E-state index contributed by atoms with van der Waals surface area (Å²) in [7, 11) is 0. The van der Waals surface area contributed by atoms with Crippen LogP contribution in [0, 0.1) is 25.2 Å². The van der Waals surface area contributed by atoms with Crippen LogP contribution >= 0.6 is 11.6 Å². The van der Waals surface area contributed by atoms with E-state index in [1.807, 2.05) is 37.3 Å². The van der Waals surface area contributed by atoms with Gasteiger partial charge in [-0.05, 0) is 25.5 Å². The second-order valence-electron chi connectivity index (χ2n) is 5.60. The topological polar surface area (TPSA) is 70.7 Å². The number of carbonyl (C=O) groups excluding carboxylic acids is 1. The van der Waals surface area contributed by atoms with Crippen molar-refractivity contribution in [1.29, 1.82) is 5.26 Å². The molecule has 0 fully saturated rings. The Bertz CT molecular complexity index is 857. The summed E-state index contributed by atoms with van der Waals surface area (Å²) >= 11 is 6.42. The van der Waals surface area contributed by atoms with E-state index in [1.54, 1.807) is 17.7 Å². The van der Waals surface area contributed by atoms with Gasteiger partial charge < -0.3 is 5.32 Å². The molecule has 1 amide bonds. The van der Waals surface area contributed by atoms with Crippen LogP contribution in [-0.4, -0.2) is 22.2 Å². The van der Waals surface area contributed by atoms with Gasteiger partial charge in [0.15, 0.2) is 0 Å². The second-order valence-corrected chi connectivity index (χ2v) is 5.96. The number of amides is 1. The molecular weight excluding hydrogens is 336 g/mol. The van der Waals surface area contributed by atoms with E-state index in [0.717, 1.165) is 5.56 Å². The van der Waals surface area contributed by atoms with Crippen LogP contribution in [0.25, 0.3) is 6.08 Å². The lowest BCUT2D eigenvalue weighted by atomic mass is 10.1. The maximum atomic E-state index is 12.0. The van der Waals surface area contributed by atoms with Gasteiger partial charge in [0.05, 0.1) is 12.2 Å². The quantitative estimate of drug-likeness (QED) is 0.491. The summed E-state index contributed by atoms with van der Waals surface area (Å²) in [6.07, 6.45) is 3.01. The van der Waals surface area contributed by atoms with Crippen LogP contribution in [-0.2, 0) is 11.3 Å². The van der Waals surface area contributed by atoms with Crippen LogP contribution in [0.1, 0.15) is 22.4 Å². The van der Waals surface area contributed by atoms with E-state index in [2.05, 4.69) is 17.0 Å². The fourth-order valence-electron chi connectivity index (χ4n) is 2.26. The van der Waals surface area contributed by atoms with Gasteiger partial charge in [-0.15, -0.1) is 6.58 Å². The van der Waals surface area contributed by atoms with Gasteiger partial charge in [-0.1, -0.05) is 47.5 Å². The molecule has 5 nitrogen and oxygen atoms in total. The number of nitriles is 1. The third kappa shape index (κ3) is 4.59. The van der Waals surface area contributed by atoms with Crippen molar-refractivity contribution in [2.24, 2.45) is 0 Å². The largest absolute Gasteiger partial charge is 0.348 e. The smallest absolute Gasteiger partial charge is 0.262 e. The molecule has 1 N–H and O–H groups in total. The molecule has 0 aliphatic rings. The van der Waals surface area contributed by atoms with Gasteiger partial charge in [0.25, 0.3) is 5.91 Å². The highest BCUT2D eigenvalue weighted by Crippen LogP contribution is 2.23. The lowest BCUT2D eigenvalue weighted by molar-refractivity contribution is -0.116. The predicted octanol–water partition coefficient (Wildman–Crippen LogP) is 3.41. The molecule has 0 aliphatic carbocycles. The van der Waals surface area contributed by atoms with E-state index >= 15 is 0 Å². The zero-order valence-corrected chi connectivity index (χ0v) is 15.0. The number of aromatic nitrogens is 2. The maximum absolute atomic E-state index is 12.0. The number of rotatable bonds is 6. The van der Waals surface area contributed by atoms with E-state index < -0.39 is 5.91 Å². The number of aryl methyl sites for hydroxylation is 2. The molecule has 0 bridgehead atoms. The number of hydrogen-bond donors (Lipinski definition) is 1. The van der Waals surface area contributed by atoms with Crippen molar-refractivity contribution in [3.63, 3.8) is 0 Å². The fourth-order valence-corrected chi connectivity index (χ4v) is 2.54. The molecule has 0 saturated heterocycles. The first kappa shape index (κ1) is 18.5. The average Bonchev–Trinajstić information content (AvgIpc) is 2.86. The standard InChI is InChI=1S/C19H19ClN4O/c1-4-9-22-19(25)16(11-21)10-17-14(3)23-24(18(17)20)12-15-7-5-13(2)6-8-15/h4-8,10H,1,9,12H2,2-3H3,(H,22,25)/b16-10+. The number of carbonyl (C=O) groups is 1. The molecule has 1 heterocycles. The maximum Gasteiger partial charge on any atom is 0.262 e. The van der Waals surface area contributed by atoms with Crippen LogP contribution in [0.5, 0.6) is 0 Å². The molecule has 0 saturated carbocycles. The molecule has 0 radical (unpaired) electrons. The highest BCUT2D eigenvalue weighted by atomic mass is 35.5. The van der Waals surface area contributed by atoms with Gasteiger partial charge in [0, 0.05) is 12.1 Å². The Morgan fingerprint density at radius 3 is 2.68 bits per heavy atom. The normalized spacial score (nSPS) is 11.0. The number of nitrogens with one attached hydrogen (secondary N) is 1. The summed E-state index contributed by atoms with van der Waals surface area (Å²) in [6, 6.07) is 9.98. The minimum absolute atomic E-state index is 0.0262. The summed E-state index contributed by atoms with van der Waals surface area (Å²) in [5, 5.41) is 16.6. The van der Waals surface area contributed by atoms with E-state index in [4.69, 9.17) is 11.6 Å². The second kappa shape index (κ2) is 8.32. The summed E-state index contributed by atoms with van der Waals surface area (Å²) in [4.78, 5) is 12.0. The van der Waals surface area contributed by atoms with Gasteiger partial charge in [-0.25, -0.2) is 4.68 Å². The molecule has 0 unspecified atom stereocenters. The molecule has 2 rings (SSSR count). The van der Waals surface area contributed by atoms with Crippen molar-refractivity contribution in [1.82, 2.24) is 15.1 Å². The lowest BCUT2D eigenvalue weighted by Gasteiger charge is -2.04. The summed E-state index contributed by atoms with van der Waals surface area (Å²) in [5.74, 6) is -0.468. The molecule has 25 heavy (non-hydrogen) atoms. The van der Waals surface area contributed by atoms with E-state index in [1.165, 1.54) is 11.6 Å². The third-order valence-corrected chi connectivity index (χ3v) is 4.02. The van der Waals surface area contributed by atoms with E-state index in [9.17, 15) is 10.1 Å². The van der Waals surface area contributed by atoms with Gasteiger partial charge in [0.2, 0.25) is 0 Å². The Morgan fingerprint density at radius 2 is 2.08 bits per heavy atom. The minimum atomic E-state index is -0.468. The number of hydrogen-bond acceptors (Lipinski definition) is 3. The first-order valence-corrected chi connectivity index (χ1v) is 8.13. The van der Waals surface area contributed by atoms with Crippen molar-refractivity contribution in [2.75, 3.05) is 6.54 Å². The van der Waals surface area contributed by atoms with Gasteiger partial charge in [-0.3, -0.25) is 4.79 Å². The van der Waals surface area contributed by atoms with Crippen LogP contribution in [0.2, 0.25) is 5.15 Å². The van der Waals surface area contributed by atoms with Crippen molar-refractivity contribution in [2.45, 2.75) is 20.4 Å². The van der Waals surface area contributed by atoms with Crippen molar-refractivity contribution in [3.05, 3.63) is 70.0 Å². The van der Waals surface area contributed by atoms with E-state index in [0.29, 0.717) is 23.0 Å². The van der Waals surface area contributed by atoms with Crippen molar-refractivity contribution < 1.29 is 4.79 Å². The number of benzene rings is 1. The molecule has 0 aliphatic heterocycles. The Morgan fingerprint density at radius 1 is 1.40 bits per heavy atom. The number of nitrogens with zero attached hydrogens (tertiary/aromatic N) is 3. The summed E-state index contributed by atoms with van der Waals surface area (Å²) < 4.78 is 1.66. The van der Waals surface area contributed by atoms with Crippen molar-refractivity contribution >= 4 is 23.6 Å². The van der Waals surface area contributed by atoms with Gasteiger partial charge in [-0.2, -0.15) is 10.4 Å². The first-order valence-electron chi connectivity index (χ1n) is 7.75. The van der Waals surface area contributed by atoms with Crippen LogP contribution in [0.3, 0.4) is 0 Å². The summed E-state index contributed by atoms with van der Waals surface area (Å²) in [6.45, 7) is 8.15. The average molecular weight is 355 g/mol. The molecule has 128 valence electrons. The van der Waals surface area contributed by atoms with Gasteiger partial charge >= 0.3 is 0 Å². The molecule has 1 aromatic carbocycles. The predicted molar refractivity (Wildman–Crippen MR) is 99.1 cm³/mol. The minimum Gasteiger partial charge on any atom is -0.348 e. The van der Waals surface area contributed by atoms with E-state index in [-0.39, 0.29) is 12.1 Å². The Balaban J connectivity index is 2.30. The Hall–Kier alpha value is -2.84. The Labute approximate surface area is 152 Å². The van der Waals surface area contributed by atoms with Gasteiger partial charge in [0.1, 0.15) is 16.8 Å². The van der Waals surface area contributed by atoms with Crippen molar-refractivity contribution in [3.8, 4) is 6.07 Å². The third-order valence-electron chi connectivity index (χ3n) is 3.62.